The van der Waals surface area contributed by atoms with E-state index in [9.17, 15) is 4.79 Å². The molecule has 0 radical (unpaired) electrons. The monoisotopic (exact) mass is 394 g/mol. The Bertz CT molecular complexity index is 966. The van der Waals surface area contributed by atoms with E-state index in [2.05, 4.69) is 64.4 Å². The van der Waals surface area contributed by atoms with Crippen molar-refractivity contribution in [3.8, 4) is 0 Å². The lowest BCUT2D eigenvalue weighted by atomic mass is 9.96. The number of fused-ring (bicyclic) bond motifs is 1. The summed E-state index contributed by atoms with van der Waals surface area (Å²) in [6, 6.07) is 10.5. The van der Waals surface area contributed by atoms with Gasteiger partial charge >= 0.3 is 0 Å². The SMILES string of the molecule is CCc1cc2c(N3CCC[C@H](C(=O)NCc4ccc(C)cc4)C3)ncnc2s1. The number of nitrogens with one attached hydrogen (secondary N) is 1. The molecular formula is C22H26N4OS. The summed E-state index contributed by atoms with van der Waals surface area (Å²) in [7, 11) is 0. The summed E-state index contributed by atoms with van der Waals surface area (Å²) in [5, 5.41) is 4.23. The van der Waals surface area contributed by atoms with Crippen molar-refractivity contribution in [2.75, 3.05) is 18.0 Å². The fourth-order valence-electron chi connectivity index (χ4n) is 3.74. The highest BCUT2D eigenvalue weighted by Crippen LogP contribution is 2.32. The van der Waals surface area contributed by atoms with Gasteiger partial charge in [0.15, 0.2) is 0 Å². The molecule has 3 heterocycles. The number of aryl methyl sites for hydroxylation is 2. The Morgan fingerprint density at radius 1 is 1.29 bits per heavy atom. The fourth-order valence-corrected chi connectivity index (χ4v) is 4.67. The van der Waals surface area contributed by atoms with Gasteiger partial charge in [0.2, 0.25) is 5.91 Å². The predicted molar refractivity (Wildman–Crippen MR) is 115 cm³/mol. The quantitative estimate of drug-likeness (QED) is 0.708. The smallest absolute Gasteiger partial charge is 0.225 e. The van der Waals surface area contributed by atoms with Crippen molar-refractivity contribution < 1.29 is 4.79 Å². The van der Waals surface area contributed by atoms with Crippen molar-refractivity contribution in [1.82, 2.24) is 15.3 Å². The zero-order chi connectivity index (χ0) is 19.5. The summed E-state index contributed by atoms with van der Waals surface area (Å²) in [6.45, 7) is 6.46. The molecule has 3 aromatic rings. The van der Waals surface area contributed by atoms with Gasteiger partial charge in [-0.1, -0.05) is 36.8 Å². The number of hydrogen-bond acceptors (Lipinski definition) is 5. The number of rotatable bonds is 5. The zero-order valence-corrected chi connectivity index (χ0v) is 17.3. The molecule has 1 atom stereocenters. The van der Waals surface area contributed by atoms with Crippen LogP contribution in [0.2, 0.25) is 0 Å². The van der Waals surface area contributed by atoms with E-state index in [-0.39, 0.29) is 11.8 Å². The normalized spacial score (nSPS) is 17.1. The van der Waals surface area contributed by atoms with E-state index in [1.54, 1.807) is 17.7 Å². The number of carbonyl (C=O) groups is 1. The summed E-state index contributed by atoms with van der Waals surface area (Å²) in [5.74, 6) is 1.10. The standard InChI is InChI=1S/C22H26N4OS/c1-3-18-11-19-20(24-14-25-22(19)28-18)26-10-4-5-17(13-26)21(27)23-12-16-8-6-15(2)7-9-16/h6-9,11,14,17H,3-5,10,12-13H2,1-2H3,(H,23,27)/t17-/m0/s1. The summed E-state index contributed by atoms with van der Waals surface area (Å²) >= 11 is 1.73. The molecule has 0 unspecified atom stereocenters. The van der Waals surface area contributed by atoms with Gasteiger partial charge in [0.1, 0.15) is 17.0 Å². The number of benzene rings is 1. The van der Waals surface area contributed by atoms with Crippen LogP contribution in [0.3, 0.4) is 0 Å². The first-order valence-electron chi connectivity index (χ1n) is 9.95. The molecule has 4 rings (SSSR count). The first kappa shape index (κ1) is 18.9. The van der Waals surface area contributed by atoms with E-state index in [0.29, 0.717) is 13.1 Å². The number of aromatic nitrogens is 2. The highest BCUT2D eigenvalue weighted by atomic mass is 32.1. The molecule has 0 bridgehead atoms. The van der Waals surface area contributed by atoms with Crippen molar-refractivity contribution in [2.24, 2.45) is 5.92 Å². The average molecular weight is 395 g/mol. The second-order valence-corrected chi connectivity index (χ2v) is 8.59. The van der Waals surface area contributed by atoms with Crippen molar-refractivity contribution in [3.05, 3.63) is 52.7 Å². The number of anilines is 1. The van der Waals surface area contributed by atoms with Crippen LogP contribution < -0.4 is 10.2 Å². The van der Waals surface area contributed by atoms with Crippen LogP contribution in [-0.4, -0.2) is 29.0 Å². The Hall–Kier alpha value is -2.47. The predicted octanol–water partition coefficient (Wildman–Crippen LogP) is 4.09. The Kier molecular flexibility index (Phi) is 5.57. The maximum atomic E-state index is 12.8. The molecule has 1 aliphatic heterocycles. The number of piperidine rings is 1. The molecule has 1 N–H and O–H groups in total. The second-order valence-electron chi connectivity index (χ2n) is 7.47. The van der Waals surface area contributed by atoms with Crippen LogP contribution in [-0.2, 0) is 17.8 Å². The van der Waals surface area contributed by atoms with E-state index in [1.165, 1.54) is 10.4 Å². The van der Waals surface area contributed by atoms with Crippen LogP contribution in [0.25, 0.3) is 10.2 Å². The summed E-state index contributed by atoms with van der Waals surface area (Å²) in [6.07, 6.45) is 4.58. The second kappa shape index (κ2) is 8.27. The Morgan fingerprint density at radius 2 is 2.11 bits per heavy atom. The van der Waals surface area contributed by atoms with Crippen LogP contribution in [0.4, 0.5) is 5.82 Å². The molecule has 0 saturated carbocycles. The molecule has 1 amide bonds. The third kappa shape index (κ3) is 4.02. The Morgan fingerprint density at radius 3 is 2.89 bits per heavy atom. The van der Waals surface area contributed by atoms with Crippen molar-refractivity contribution in [1.29, 1.82) is 0 Å². The maximum absolute atomic E-state index is 12.8. The van der Waals surface area contributed by atoms with Crippen molar-refractivity contribution in [3.63, 3.8) is 0 Å². The van der Waals surface area contributed by atoms with Gasteiger partial charge in [-0.25, -0.2) is 9.97 Å². The molecule has 0 spiro atoms. The lowest BCUT2D eigenvalue weighted by Gasteiger charge is -2.33. The first-order chi connectivity index (χ1) is 13.6. The van der Waals surface area contributed by atoms with Gasteiger partial charge < -0.3 is 10.2 Å². The van der Waals surface area contributed by atoms with Crippen molar-refractivity contribution in [2.45, 2.75) is 39.7 Å². The van der Waals surface area contributed by atoms with Crippen LogP contribution in [0.5, 0.6) is 0 Å². The molecule has 1 aliphatic rings. The Labute approximate surface area is 169 Å². The number of hydrogen-bond donors (Lipinski definition) is 1. The summed E-state index contributed by atoms with van der Waals surface area (Å²) in [5.41, 5.74) is 2.36. The number of thiophene rings is 1. The molecule has 6 heteroatoms. The van der Waals surface area contributed by atoms with Gasteiger partial charge in [-0.15, -0.1) is 11.3 Å². The molecule has 28 heavy (non-hydrogen) atoms. The lowest BCUT2D eigenvalue weighted by molar-refractivity contribution is -0.125. The van der Waals surface area contributed by atoms with E-state index in [1.807, 2.05) is 0 Å². The average Bonchev–Trinajstić information content (AvgIpc) is 3.16. The van der Waals surface area contributed by atoms with Gasteiger partial charge in [0.05, 0.1) is 11.3 Å². The third-order valence-electron chi connectivity index (χ3n) is 5.39. The molecule has 1 saturated heterocycles. The minimum absolute atomic E-state index is 0.00602. The number of nitrogens with zero attached hydrogens (tertiary/aromatic N) is 3. The van der Waals surface area contributed by atoms with Gasteiger partial charge in [-0.05, 0) is 37.8 Å². The lowest BCUT2D eigenvalue weighted by Crippen LogP contribution is -2.43. The van der Waals surface area contributed by atoms with Crippen LogP contribution in [0.1, 0.15) is 35.8 Å². The highest BCUT2D eigenvalue weighted by Gasteiger charge is 2.27. The summed E-state index contributed by atoms with van der Waals surface area (Å²) < 4.78 is 0. The minimum atomic E-state index is -0.00602. The van der Waals surface area contributed by atoms with Gasteiger partial charge in [0, 0.05) is 24.5 Å². The topological polar surface area (TPSA) is 58.1 Å². The highest BCUT2D eigenvalue weighted by molar-refractivity contribution is 7.18. The minimum Gasteiger partial charge on any atom is -0.355 e. The van der Waals surface area contributed by atoms with E-state index in [4.69, 9.17) is 0 Å². The molecule has 0 aliphatic carbocycles. The fraction of sp³-hybridized carbons (Fsp3) is 0.409. The third-order valence-corrected chi connectivity index (χ3v) is 6.57. The summed E-state index contributed by atoms with van der Waals surface area (Å²) in [4.78, 5) is 26.4. The van der Waals surface area contributed by atoms with Gasteiger partial charge in [-0.3, -0.25) is 4.79 Å². The molecule has 146 valence electrons. The zero-order valence-electron chi connectivity index (χ0n) is 16.4. The molecule has 2 aromatic heterocycles. The molecule has 5 nitrogen and oxygen atoms in total. The van der Waals surface area contributed by atoms with E-state index >= 15 is 0 Å². The van der Waals surface area contributed by atoms with Crippen LogP contribution in [0, 0.1) is 12.8 Å². The number of amides is 1. The van der Waals surface area contributed by atoms with E-state index in [0.717, 1.165) is 47.4 Å². The first-order valence-corrected chi connectivity index (χ1v) is 10.8. The van der Waals surface area contributed by atoms with Crippen molar-refractivity contribution >= 4 is 33.3 Å². The number of carbonyl (C=O) groups excluding carboxylic acids is 1. The largest absolute Gasteiger partial charge is 0.355 e. The molecular weight excluding hydrogens is 368 g/mol. The van der Waals surface area contributed by atoms with Crippen LogP contribution >= 0.6 is 11.3 Å². The molecule has 1 aromatic carbocycles. The van der Waals surface area contributed by atoms with Gasteiger partial charge in [0.25, 0.3) is 0 Å². The maximum Gasteiger partial charge on any atom is 0.225 e. The Balaban J connectivity index is 1.45. The van der Waals surface area contributed by atoms with Crippen LogP contribution in [0.15, 0.2) is 36.7 Å². The molecule has 1 fully saturated rings. The van der Waals surface area contributed by atoms with Gasteiger partial charge in [-0.2, -0.15) is 0 Å². The van der Waals surface area contributed by atoms with E-state index < -0.39 is 0 Å².